The molecule has 1 amide bonds. The fraction of sp³-hybridized carbons (Fsp3) is 0.700. The zero-order valence-electron chi connectivity index (χ0n) is 15.3. The first kappa shape index (κ1) is 16.8. The minimum Gasteiger partial charge on any atom is -0.376 e. The van der Waals surface area contributed by atoms with Gasteiger partial charge in [0, 0.05) is 32.3 Å². The van der Waals surface area contributed by atoms with Crippen LogP contribution in [0.2, 0.25) is 0 Å². The summed E-state index contributed by atoms with van der Waals surface area (Å²) in [7, 11) is 0. The number of anilines is 1. The van der Waals surface area contributed by atoms with Crippen LogP contribution in [0.3, 0.4) is 0 Å². The van der Waals surface area contributed by atoms with Gasteiger partial charge in [0.2, 0.25) is 5.91 Å². The SMILES string of the molecule is CC(=O)N[C@@H]1C[C@@H]2CN(c3cccc(C)n3)C[C@@H]2C[C@H]1OCC1CC1. The predicted molar refractivity (Wildman–Crippen MR) is 97.5 cm³/mol. The Morgan fingerprint density at radius 3 is 2.72 bits per heavy atom. The van der Waals surface area contributed by atoms with Crippen molar-refractivity contribution in [3.8, 4) is 0 Å². The second kappa shape index (κ2) is 6.94. The average molecular weight is 343 g/mol. The molecule has 0 spiro atoms. The van der Waals surface area contributed by atoms with E-state index in [1.807, 2.05) is 13.0 Å². The van der Waals surface area contributed by atoms with Crippen LogP contribution in [0.4, 0.5) is 5.82 Å². The lowest BCUT2D eigenvalue weighted by Crippen LogP contribution is -2.50. The molecule has 1 saturated heterocycles. The van der Waals surface area contributed by atoms with Crippen LogP contribution in [0.15, 0.2) is 18.2 Å². The lowest BCUT2D eigenvalue weighted by molar-refractivity contribution is -0.122. The summed E-state index contributed by atoms with van der Waals surface area (Å²) in [6.07, 6.45) is 4.83. The Hall–Kier alpha value is -1.62. The highest BCUT2D eigenvalue weighted by molar-refractivity contribution is 5.73. The largest absolute Gasteiger partial charge is 0.376 e. The molecule has 5 nitrogen and oxygen atoms in total. The number of carbonyl (C=O) groups excluding carboxylic acids is 1. The van der Waals surface area contributed by atoms with Crippen molar-refractivity contribution in [1.29, 1.82) is 0 Å². The molecule has 2 aliphatic carbocycles. The standard InChI is InChI=1S/C20H29N3O2/c1-13-4-3-5-20(21-13)23-10-16-8-18(22-14(2)24)19(9-17(16)11-23)25-12-15-6-7-15/h3-5,15-19H,6-12H2,1-2H3,(H,22,24)/t16-,17+,18-,19-/m1/s1. The molecule has 0 bridgehead atoms. The van der Waals surface area contributed by atoms with Gasteiger partial charge in [-0.15, -0.1) is 0 Å². The fourth-order valence-corrected chi connectivity index (χ4v) is 4.45. The van der Waals surface area contributed by atoms with Gasteiger partial charge in [0.1, 0.15) is 5.82 Å². The van der Waals surface area contributed by atoms with E-state index in [-0.39, 0.29) is 18.1 Å². The molecule has 0 unspecified atom stereocenters. The minimum absolute atomic E-state index is 0.0543. The highest BCUT2D eigenvalue weighted by Gasteiger charge is 2.43. The average Bonchev–Trinajstić information content (AvgIpc) is 3.30. The maximum absolute atomic E-state index is 11.6. The van der Waals surface area contributed by atoms with Crippen molar-refractivity contribution in [3.05, 3.63) is 23.9 Å². The molecule has 0 aromatic carbocycles. The first-order valence-electron chi connectivity index (χ1n) is 9.66. The Labute approximate surface area is 150 Å². The molecule has 1 aromatic heterocycles. The van der Waals surface area contributed by atoms with Crippen LogP contribution < -0.4 is 10.2 Å². The first-order chi connectivity index (χ1) is 12.1. The van der Waals surface area contributed by atoms with E-state index in [4.69, 9.17) is 9.72 Å². The zero-order valence-corrected chi connectivity index (χ0v) is 15.3. The van der Waals surface area contributed by atoms with Crippen LogP contribution in [0.1, 0.15) is 38.3 Å². The first-order valence-corrected chi connectivity index (χ1v) is 9.66. The third kappa shape index (κ3) is 3.97. The van der Waals surface area contributed by atoms with Crippen LogP contribution in [-0.4, -0.2) is 42.7 Å². The van der Waals surface area contributed by atoms with Crippen molar-refractivity contribution < 1.29 is 9.53 Å². The van der Waals surface area contributed by atoms with Gasteiger partial charge in [-0.25, -0.2) is 4.98 Å². The Morgan fingerprint density at radius 2 is 2.04 bits per heavy atom. The predicted octanol–water partition coefficient (Wildman–Crippen LogP) is 2.54. The van der Waals surface area contributed by atoms with E-state index in [2.05, 4.69) is 22.3 Å². The number of fused-ring (bicyclic) bond motifs is 1. The van der Waals surface area contributed by atoms with E-state index >= 15 is 0 Å². The summed E-state index contributed by atoms with van der Waals surface area (Å²) in [6.45, 7) is 6.61. The van der Waals surface area contributed by atoms with E-state index in [0.717, 1.165) is 50.0 Å². The molecule has 2 saturated carbocycles. The monoisotopic (exact) mass is 343 g/mol. The molecule has 136 valence electrons. The van der Waals surface area contributed by atoms with Crippen LogP contribution in [-0.2, 0) is 9.53 Å². The summed E-state index contributed by atoms with van der Waals surface area (Å²) in [6, 6.07) is 6.39. The highest BCUT2D eigenvalue weighted by atomic mass is 16.5. The van der Waals surface area contributed by atoms with E-state index in [1.165, 1.54) is 12.8 Å². The number of nitrogens with zero attached hydrogens (tertiary/aromatic N) is 2. The van der Waals surface area contributed by atoms with Gasteiger partial charge in [0.25, 0.3) is 0 Å². The maximum atomic E-state index is 11.6. The van der Waals surface area contributed by atoms with E-state index in [0.29, 0.717) is 11.8 Å². The van der Waals surface area contributed by atoms with Gasteiger partial charge in [-0.2, -0.15) is 0 Å². The quantitative estimate of drug-likeness (QED) is 0.893. The van der Waals surface area contributed by atoms with Gasteiger partial charge < -0.3 is 15.0 Å². The lowest BCUT2D eigenvalue weighted by atomic mass is 9.77. The molecule has 5 heteroatoms. The molecule has 1 N–H and O–H groups in total. The van der Waals surface area contributed by atoms with Gasteiger partial charge >= 0.3 is 0 Å². The van der Waals surface area contributed by atoms with Gasteiger partial charge in [-0.3, -0.25) is 4.79 Å². The van der Waals surface area contributed by atoms with E-state index in [9.17, 15) is 4.79 Å². The van der Waals surface area contributed by atoms with Crippen molar-refractivity contribution in [2.24, 2.45) is 17.8 Å². The second-order valence-electron chi connectivity index (χ2n) is 8.16. The van der Waals surface area contributed by atoms with Crippen molar-refractivity contribution in [1.82, 2.24) is 10.3 Å². The fourth-order valence-electron chi connectivity index (χ4n) is 4.45. The van der Waals surface area contributed by atoms with Gasteiger partial charge in [-0.05, 0) is 62.5 Å². The number of pyridine rings is 1. The molecular formula is C20H29N3O2. The maximum Gasteiger partial charge on any atom is 0.217 e. The third-order valence-electron chi connectivity index (χ3n) is 5.95. The summed E-state index contributed by atoms with van der Waals surface area (Å²) in [5, 5.41) is 3.15. The smallest absolute Gasteiger partial charge is 0.217 e. The van der Waals surface area contributed by atoms with Crippen molar-refractivity contribution in [2.75, 3.05) is 24.6 Å². The Morgan fingerprint density at radius 1 is 1.28 bits per heavy atom. The summed E-state index contributed by atoms with van der Waals surface area (Å²) < 4.78 is 6.24. The van der Waals surface area contributed by atoms with Crippen molar-refractivity contribution in [2.45, 2.75) is 51.7 Å². The van der Waals surface area contributed by atoms with Crippen LogP contribution >= 0.6 is 0 Å². The molecule has 3 fully saturated rings. The van der Waals surface area contributed by atoms with Crippen molar-refractivity contribution >= 4 is 11.7 Å². The molecule has 0 radical (unpaired) electrons. The van der Waals surface area contributed by atoms with Crippen LogP contribution in [0, 0.1) is 24.7 Å². The topological polar surface area (TPSA) is 54.5 Å². The number of hydrogen-bond acceptors (Lipinski definition) is 4. The molecule has 4 atom stereocenters. The number of carbonyl (C=O) groups is 1. The Bertz CT molecular complexity index is 631. The molecule has 4 rings (SSSR count). The summed E-state index contributed by atoms with van der Waals surface area (Å²) in [5.74, 6) is 3.14. The molecule has 2 heterocycles. The zero-order chi connectivity index (χ0) is 17.4. The summed E-state index contributed by atoms with van der Waals surface area (Å²) in [4.78, 5) is 18.7. The number of rotatable bonds is 5. The van der Waals surface area contributed by atoms with Gasteiger partial charge in [0.15, 0.2) is 0 Å². The lowest BCUT2D eigenvalue weighted by Gasteiger charge is -2.38. The van der Waals surface area contributed by atoms with E-state index < -0.39 is 0 Å². The normalized spacial score (nSPS) is 31.7. The Balaban J connectivity index is 1.44. The summed E-state index contributed by atoms with van der Waals surface area (Å²) >= 11 is 0. The molecule has 1 aromatic rings. The number of amides is 1. The van der Waals surface area contributed by atoms with Crippen LogP contribution in [0.25, 0.3) is 0 Å². The number of aryl methyl sites for hydroxylation is 1. The number of ether oxygens (including phenoxy) is 1. The van der Waals surface area contributed by atoms with Gasteiger partial charge in [-0.1, -0.05) is 6.07 Å². The number of aromatic nitrogens is 1. The molecule has 3 aliphatic rings. The van der Waals surface area contributed by atoms with Gasteiger partial charge in [0.05, 0.1) is 12.1 Å². The van der Waals surface area contributed by atoms with Crippen molar-refractivity contribution in [3.63, 3.8) is 0 Å². The third-order valence-corrected chi connectivity index (χ3v) is 5.95. The van der Waals surface area contributed by atoms with E-state index in [1.54, 1.807) is 6.92 Å². The molecule has 1 aliphatic heterocycles. The molecular weight excluding hydrogens is 314 g/mol. The summed E-state index contributed by atoms with van der Waals surface area (Å²) in [5.41, 5.74) is 1.06. The molecule has 25 heavy (non-hydrogen) atoms. The second-order valence-corrected chi connectivity index (χ2v) is 8.16. The number of nitrogens with one attached hydrogen (secondary N) is 1. The highest BCUT2D eigenvalue weighted by Crippen LogP contribution is 2.40. The number of hydrogen-bond donors (Lipinski definition) is 1. The van der Waals surface area contributed by atoms with Crippen LogP contribution in [0.5, 0.6) is 0 Å². The minimum atomic E-state index is 0.0543. The Kier molecular flexibility index (Phi) is 4.67.